The molecule has 0 N–H and O–H groups in total. The number of hydrogen-bond donors (Lipinski definition) is 0. The van der Waals surface area contributed by atoms with E-state index < -0.39 is 11.8 Å². The molecule has 3 aliphatic carbocycles. The number of carbonyl (C=O) groups excluding carboxylic acids is 2. The molecule has 1 unspecified atom stereocenters. The van der Waals surface area contributed by atoms with E-state index in [-0.39, 0.29) is 37.0 Å². The number of rotatable bonds is 21. The van der Waals surface area contributed by atoms with E-state index in [1.165, 1.54) is 5.57 Å². The van der Waals surface area contributed by atoms with E-state index in [9.17, 15) is 9.59 Å². The monoisotopic (exact) mass is 540 g/mol. The van der Waals surface area contributed by atoms with E-state index in [4.69, 9.17) is 28.4 Å². The van der Waals surface area contributed by atoms with Crippen molar-refractivity contribution in [3.63, 3.8) is 0 Å². The number of esters is 2. The summed E-state index contributed by atoms with van der Waals surface area (Å²) in [5, 5.41) is 0. The fourth-order valence-electron chi connectivity index (χ4n) is 5.54. The second-order valence-electron chi connectivity index (χ2n) is 10.8. The van der Waals surface area contributed by atoms with Crippen molar-refractivity contribution in [2.24, 2.45) is 35.5 Å². The molecule has 220 valence electrons. The number of carbonyl (C=O) groups is 2. The summed E-state index contributed by atoms with van der Waals surface area (Å²) in [5.74, 6) is -1.04. The van der Waals surface area contributed by atoms with Crippen molar-refractivity contribution in [2.75, 3.05) is 66.1 Å². The van der Waals surface area contributed by atoms with E-state index in [1.807, 2.05) is 0 Å². The number of ether oxygens (including phenoxy) is 6. The fourth-order valence-corrected chi connectivity index (χ4v) is 5.54. The molecule has 3 aliphatic rings. The minimum Gasteiger partial charge on any atom is -0.463 e. The normalized spacial score (nSPS) is 24.5. The summed E-state index contributed by atoms with van der Waals surface area (Å²) >= 11 is 0. The molecular formula is C30H52O8. The van der Waals surface area contributed by atoms with Crippen molar-refractivity contribution in [2.45, 2.75) is 66.7 Å². The lowest BCUT2D eigenvalue weighted by atomic mass is 9.53. The molecule has 0 amide bonds. The van der Waals surface area contributed by atoms with Crippen molar-refractivity contribution < 1.29 is 38.0 Å². The van der Waals surface area contributed by atoms with Crippen LogP contribution in [0.15, 0.2) is 11.6 Å². The Hall–Kier alpha value is -1.48. The summed E-state index contributed by atoms with van der Waals surface area (Å²) in [6, 6.07) is 0. The lowest BCUT2D eigenvalue weighted by Gasteiger charge is -2.50. The lowest BCUT2D eigenvalue weighted by molar-refractivity contribution is -0.172. The molecule has 8 heteroatoms. The maximum absolute atomic E-state index is 13.3. The second kappa shape index (κ2) is 18.7. The van der Waals surface area contributed by atoms with Crippen LogP contribution in [0.25, 0.3) is 0 Å². The lowest BCUT2D eigenvalue weighted by Crippen LogP contribution is -2.52. The van der Waals surface area contributed by atoms with Crippen LogP contribution in [0.2, 0.25) is 0 Å². The molecule has 0 radical (unpaired) electrons. The van der Waals surface area contributed by atoms with Crippen molar-refractivity contribution in [3.05, 3.63) is 11.6 Å². The van der Waals surface area contributed by atoms with Crippen LogP contribution in [0.3, 0.4) is 0 Å². The summed E-state index contributed by atoms with van der Waals surface area (Å²) in [4.78, 5) is 26.6. The average molecular weight is 541 g/mol. The van der Waals surface area contributed by atoms with Gasteiger partial charge in [-0.3, -0.25) is 9.59 Å². The first-order chi connectivity index (χ1) is 18.4. The molecule has 38 heavy (non-hydrogen) atoms. The fraction of sp³-hybridized carbons (Fsp3) is 0.867. The molecule has 1 saturated carbocycles. The summed E-state index contributed by atoms with van der Waals surface area (Å²) in [6.45, 7) is 15.1. The molecule has 1 fully saturated rings. The van der Waals surface area contributed by atoms with Crippen LogP contribution >= 0.6 is 0 Å². The predicted octanol–water partition coefficient (Wildman–Crippen LogP) is 4.84. The maximum atomic E-state index is 13.3. The summed E-state index contributed by atoms with van der Waals surface area (Å²) < 4.78 is 33.3. The molecule has 0 spiro atoms. The van der Waals surface area contributed by atoms with Crippen LogP contribution in [0.4, 0.5) is 0 Å². The van der Waals surface area contributed by atoms with E-state index in [2.05, 4.69) is 40.7 Å². The summed E-state index contributed by atoms with van der Waals surface area (Å²) in [6.07, 6.45) is 7.36. The maximum Gasteiger partial charge on any atom is 0.310 e. The molecule has 3 rings (SSSR count). The third-order valence-electron chi connectivity index (χ3n) is 7.67. The van der Waals surface area contributed by atoms with Gasteiger partial charge in [-0.05, 0) is 49.9 Å². The number of allylic oxidation sites excluding steroid dienone is 2. The van der Waals surface area contributed by atoms with Crippen molar-refractivity contribution in [3.8, 4) is 0 Å². The Bertz CT molecular complexity index is 706. The highest BCUT2D eigenvalue weighted by molar-refractivity contribution is 5.84. The topological polar surface area (TPSA) is 89.5 Å². The quantitative estimate of drug-likeness (QED) is 0.116. The molecule has 0 aliphatic heterocycles. The minimum atomic E-state index is -0.539. The molecule has 0 heterocycles. The average Bonchev–Trinajstić information content (AvgIpc) is 2.90. The van der Waals surface area contributed by atoms with Gasteiger partial charge in [0.15, 0.2) is 0 Å². The Morgan fingerprint density at radius 3 is 1.66 bits per heavy atom. The first-order valence-electron chi connectivity index (χ1n) is 14.7. The first kappa shape index (κ1) is 32.7. The van der Waals surface area contributed by atoms with Crippen LogP contribution in [-0.4, -0.2) is 78.0 Å². The van der Waals surface area contributed by atoms with Gasteiger partial charge in [-0.15, -0.1) is 0 Å². The first-order valence-corrected chi connectivity index (χ1v) is 14.7. The van der Waals surface area contributed by atoms with Crippen molar-refractivity contribution in [1.82, 2.24) is 0 Å². The van der Waals surface area contributed by atoms with Gasteiger partial charge >= 0.3 is 11.9 Å². The third kappa shape index (κ3) is 10.6. The highest BCUT2D eigenvalue weighted by atomic mass is 16.6. The molecule has 2 bridgehead atoms. The Balaban J connectivity index is 1.85. The SMILES string of the molecule is CCCCOCCOCCOC(=O)[C@H]1[C@H](C(=O)OCCOCCOCCCC)[C@H]2C=C(C)[C@@H]1CC2C(C)C. The highest BCUT2D eigenvalue weighted by Crippen LogP contribution is 2.53. The van der Waals surface area contributed by atoms with E-state index in [1.54, 1.807) is 0 Å². The van der Waals surface area contributed by atoms with Gasteiger partial charge in [-0.2, -0.15) is 0 Å². The van der Waals surface area contributed by atoms with Crippen LogP contribution < -0.4 is 0 Å². The number of fused-ring (bicyclic) bond motifs is 2. The smallest absolute Gasteiger partial charge is 0.310 e. The van der Waals surface area contributed by atoms with E-state index >= 15 is 0 Å². The van der Waals surface area contributed by atoms with Gasteiger partial charge in [0.2, 0.25) is 0 Å². The zero-order valence-electron chi connectivity index (χ0n) is 24.4. The molecule has 0 aromatic carbocycles. The number of unbranched alkanes of at least 4 members (excludes halogenated alkanes) is 2. The van der Waals surface area contributed by atoms with Gasteiger partial charge in [-0.25, -0.2) is 0 Å². The second-order valence-corrected chi connectivity index (χ2v) is 10.8. The summed E-state index contributed by atoms with van der Waals surface area (Å²) in [5.41, 5.74) is 1.17. The van der Waals surface area contributed by atoms with Gasteiger partial charge in [0.1, 0.15) is 13.2 Å². The van der Waals surface area contributed by atoms with Gasteiger partial charge in [0, 0.05) is 13.2 Å². The molecule has 0 aromatic rings. The van der Waals surface area contributed by atoms with Crippen LogP contribution in [0.1, 0.15) is 66.7 Å². The largest absolute Gasteiger partial charge is 0.463 e. The van der Waals surface area contributed by atoms with Gasteiger partial charge in [-0.1, -0.05) is 52.2 Å². The van der Waals surface area contributed by atoms with Gasteiger partial charge < -0.3 is 28.4 Å². The van der Waals surface area contributed by atoms with Crippen molar-refractivity contribution >= 4 is 11.9 Å². The zero-order chi connectivity index (χ0) is 27.8. The summed E-state index contributed by atoms with van der Waals surface area (Å²) in [7, 11) is 0. The van der Waals surface area contributed by atoms with Crippen LogP contribution in [0.5, 0.6) is 0 Å². The zero-order valence-corrected chi connectivity index (χ0v) is 24.4. The van der Waals surface area contributed by atoms with Crippen LogP contribution in [-0.2, 0) is 38.0 Å². The van der Waals surface area contributed by atoms with Crippen molar-refractivity contribution in [1.29, 1.82) is 0 Å². The predicted molar refractivity (Wildman–Crippen MR) is 146 cm³/mol. The van der Waals surface area contributed by atoms with Gasteiger partial charge in [0.25, 0.3) is 0 Å². The minimum absolute atomic E-state index is 0.0122. The van der Waals surface area contributed by atoms with E-state index in [0.717, 1.165) is 45.3 Å². The molecule has 0 saturated heterocycles. The standard InChI is InChI=1S/C30H52O8/c1-6-8-10-33-12-14-35-16-18-37-29(31)27-25-21-24(22(3)4)26(20-23(25)5)28(27)30(32)38-19-17-36-15-13-34-11-9-7-2/h20,22,24-28H,6-19,21H2,1-5H3/t24?,25-,26-,27+,28+/m0/s1. The third-order valence-corrected chi connectivity index (χ3v) is 7.67. The van der Waals surface area contributed by atoms with Gasteiger partial charge in [0.05, 0.1) is 51.5 Å². The Morgan fingerprint density at radius 2 is 1.18 bits per heavy atom. The Labute approximate surface area is 230 Å². The highest BCUT2D eigenvalue weighted by Gasteiger charge is 2.55. The molecular weight excluding hydrogens is 488 g/mol. The molecule has 5 atom stereocenters. The Morgan fingerprint density at radius 1 is 0.737 bits per heavy atom. The van der Waals surface area contributed by atoms with E-state index in [0.29, 0.717) is 51.5 Å². The molecule has 8 nitrogen and oxygen atoms in total. The Kier molecular flexibility index (Phi) is 16.1. The molecule has 0 aromatic heterocycles. The van der Waals surface area contributed by atoms with Crippen LogP contribution in [0, 0.1) is 35.5 Å². The number of hydrogen-bond acceptors (Lipinski definition) is 8.